The zero-order valence-electron chi connectivity index (χ0n) is 14.4. The molecular formula is C18H22N4O2S. The molecule has 7 heteroatoms. The van der Waals surface area contributed by atoms with Crippen LogP contribution in [0.5, 0.6) is 0 Å². The SMILES string of the molecule is CC(C)CNC(=O)NC(=O)CSc1nc(C2CC2)nc2ccccc12. The number of imide groups is 1. The van der Waals surface area contributed by atoms with Crippen molar-refractivity contribution in [3.05, 3.63) is 30.1 Å². The first kappa shape index (κ1) is 17.7. The van der Waals surface area contributed by atoms with Gasteiger partial charge in [0.25, 0.3) is 0 Å². The first-order chi connectivity index (χ1) is 12.0. The number of carbonyl (C=O) groups is 2. The summed E-state index contributed by atoms with van der Waals surface area (Å²) in [5.41, 5.74) is 0.900. The maximum Gasteiger partial charge on any atom is 0.321 e. The van der Waals surface area contributed by atoms with Gasteiger partial charge in [0.15, 0.2) is 0 Å². The van der Waals surface area contributed by atoms with Crippen molar-refractivity contribution in [3.63, 3.8) is 0 Å². The van der Waals surface area contributed by atoms with Crippen LogP contribution in [0.1, 0.15) is 38.4 Å². The third-order valence-electron chi connectivity index (χ3n) is 3.79. The summed E-state index contributed by atoms with van der Waals surface area (Å²) in [6, 6.07) is 7.36. The number of amides is 3. The smallest absolute Gasteiger partial charge is 0.321 e. The Labute approximate surface area is 151 Å². The van der Waals surface area contributed by atoms with Gasteiger partial charge in [-0.05, 0) is 24.8 Å². The molecule has 0 unspecified atom stereocenters. The molecule has 0 bridgehead atoms. The Morgan fingerprint density at radius 2 is 2.00 bits per heavy atom. The number of para-hydroxylation sites is 1. The highest BCUT2D eigenvalue weighted by Gasteiger charge is 2.27. The van der Waals surface area contributed by atoms with Crippen molar-refractivity contribution < 1.29 is 9.59 Å². The standard InChI is InChI=1S/C18H22N4O2S/c1-11(2)9-19-18(24)21-15(23)10-25-17-13-5-3-4-6-14(13)20-16(22-17)12-7-8-12/h3-6,11-12H,7-10H2,1-2H3,(H2,19,21,23,24). The second-order valence-corrected chi connectivity index (χ2v) is 7.58. The first-order valence-electron chi connectivity index (χ1n) is 8.50. The molecule has 3 rings (SSSR count). The molecule has 1 aliphatic rings. The number of nitrogens with zero attached hydrogens (tertiary/aromatic N) is 2. The maximum atomic E-state index is 12.0. The molecule has 25 heavy (non-hydrogen) atoms. The number of benzene rings is 1. The van der Waals surface area contributed by atoms with E-state index in [2.05, 4.69) is 20.6 Å². The Kier molecular flexibility index (Phi) is 5.53. The van der Waals surface area contributed by atoms with Crippen molar-refractivity contribution in [3.8, 4) is 0 Å². The minimum absolute atomic E-state index is 0.139. The molecule has 0 radical (unpaired) electrons. The van der Waals surface area contributed by atoms with Crippen LogP contribution in [-0.4, -0.2) is 34.2 Å². The van der Waals surface area contributed by atoms with Crippen LogP contribution >= 0.6 is 11.8 Å². The summed E-state index contributed by atoms with van der Waals surface area (Å²) in [7, 11) is 0. The summed E-state index contributed by atoms with van der Waals surface area (Å²) < 4.78 is 0. The monoisotopic (exact) mass is 358 g/mol. The van der Waals surface area contributed by atoms with E-state index in [0.29, 0.717) is 18.4 Å². The molecule has 1 fully saturated rings. The van der Waals surface area contributed by atoms with Crippen LogP contribution in [0.3, 0.4) is 0 Å². The molecule has 132 valence electrons. The molecule has 2 N–H and O–H groups in total. The molecule has 6 nitrogen and oxygen atoms in total. The van der Waals surface area contributed by atoms with Crippen molar-refractivity contribution in [2.45, 2.75) is 37.6 Å². The van der Waals surface area contributed by atoms with Gasteiger partial charge in [-0.1, -0.05) is 43.8 Å². The fourth-order valence-corrected chi connectivity index (χ4v) is 3.16. The fourth-order valence-electron chi connectivity index (χ4n) is 2.34. The average molecular weight is 358 g/mol. The molecule has 0 atom stereocenters. The van der Waals surface area contributed by atoms with Gasteiger partial charge in [0.05, 0.1) is 11.3 Å². The highest BCUT2D eigenvalue weighted by molar-refractivity contribution is 8.00. The number of thioether (sulfide) groups is 1. The average Bonchev–Trinajstić information content (AvgIpc) is 3.42. The number of aromatic nitrogens is 2. The summed E-state index contributed by atoms with van der Waals surface area (Å²) in [4.78, 5) is 32.9. The summed E-state index contributed by atoms with van der Waals surface area (Å²) >= 11 is 1.34. The fraction of sp³-hybridized carbons (Fsp3) is 0.444. The molecule has 0 aliphatic heterocycles. The van der Waals surface area contributed by atoms with Crippen molar-refractivity contribution >= 4 is 34.6 Å². The van der Waals surface area contributed by atoms with Gasteiger partial charge >= 0.3 is 6.03 Å². The number of carbonyl (C=O) groups excluding carboxylic acids is 2. The summed E-state index contributed by atoms with van der Waals surface area (Å²) in [6.45, 7) is 4.53. The predicted molar refractivity (Wildman–Crippen MR) is 98.6 cm³/mol. The minimum Gasteiger partial charge on any atom is -0.338 e. The van der Waals surface area contributed by atoms with Crippen LogP contribution in [0.4, 0.5) is 4.79 Å². The Morgan fingerprint density at radius 3 is 2.72 bits per heavy atom. The van der Waals surface area contributed by atoms with E-state index < -0.39 is 6.03 Å². The lowest BCUT2D eigenvalue weighted by Crippen LogP contribution is -2.41. The number of hydrogen-bond donors (Lipinski definition) is 2. The molecule has 1 aliphatic carbocycles. The zero-order chi connectivity index (χ0) is 17.8. The summed E-state index contributed by atoms with van der Waals surface area (Å²) in [6.07, 6.45) is 2.25. The minimum atomic E-state index is -0.453. The number of urea groups is 1. The lowest BCUT2D eigenvalue weighted by molar-refractivity contribution is -0.117. The van der Waals surface area contributed by atoms with Gasteiger partial charge in [-0.15, -0.1) is 0 Å². The van der Waals surface area contributed by atoms with Crippen LogP contribution in [0.2, 0.25) is 0 Å². The third-order valence-corrected chi connectivity index (χ3v) is 4.78. The second-order valence-electron chi connectivity index (χ2n) is 6.62. The van der Waals surface area contributed by atoms with Gasteiger partial charge in [-0.25, -0.2) is 14.8 Å². The maximum absolute atomic E-state index is 12.0. The third kappa shape index (κ3) is 4.92. The molecule has 1 aromatic carbocycles. The second kappa shape index (κ2) is 7.82. The summed E-state index contributed by atoms with van der Waals surface area (Å²) in [5.74, 6) is 1.45. The van der Waals surface area contributed by atoms with E-state index in [1.54, 1.807) is 0 Å². The number of rotatable bonds is 6. The molecule has 3 amide bonds. The van der Waals surface area contributed by atoms with Crippen molar-refractivity contribution in [2.24, 2.45) is 5.92 Å². The van der Waals surface area contributed by atoms with Gasteiger partial charge in [0, 0.05) is 17.8 Å². The van der Waals surface area contributed by atoms with E-state index in [1.165, 1.54) is 11.8 Å². The van der Waals surface area contributed by atoms with E-state index >= 15 is 0 Å². The van der Waals surface area contributed by atoms with Crippen molar-refractivity contribution in [1.29, 1.82) is 0 Å². The van der Waals surface area contributed by atoms with Crippen molar-refractivity contribution in [1.82, 2.24) is 20.6 Å². The normalized spacial score (nSPS) is 13.9. The number of nitrogens with one attached hydrogen (secondary N) is 2. The van der Waals surface area contributed by atoms with Gasteiger partial charge in [-0.3, -0.25) is 10.1 Å². The highest BCUT2D eigenvalue weighted by atomic mass is 32.2. The van der Waals surface area contributed by atoms with Crippen LogP contribution in [-0.2, 0) is 4.79 Å². The lowest BCUT2D eigenvalue weighted by atomic mass is 10.2. The van der Waals surface area contributed by atoms with Gasteiger partial charge in [-0.2, -0.15) is 0 Å². The predicted octanol–water partition coefficient (Wildman–Crippen LogP) is 3.08. The molecule has 1 saturated carbocycles. The molecule has 0 spiro atoms. The molecule has 2 aromatic rings. The largest absolute Gasteiger partial charge is 0.338 e. The molecule has 1 aromatic heterocycles. The molecule has 0 saturated heterocycles. The Hall–Kier alpha value is -2.15. The number of hydrogen-bond acceptors (Lipinski definition) is 5. The van der Waals surface area contributed by atoms with Gasteiger partial charge in [0.2, 0.25) is 5.91 Å². The zero-order valence-corrected chi connectivity index (χ0v) is 15.2. The Morgan fingerprint density at radius 1 is 1.24 bits per heavy atom. The lowest BCUT2D eigenvalue weighted by Gasteiger charge is -2.09. The van der Waals surface area contributed by atoms with Gasteiger partial charge < -0.3 is 5.32 Å². The van der Waals surface area contributed by atoms with Gasteiger partial charge in [0.1, 0.15) is 10.9 Å². The van der Waals surface area contributed by atoms with Crippen molar-refractivity contribution in [2.75, 3.05) is 12.3 Å². The molecule has 1 heterocycles. The highest BCUT2D eigenvalue weighted by Crippen LogP contribution is 2.39. The van der Waals surface area contributed by atoms with Crippen LogP contribution < -0.4 is 10.6 Å². The quantitative estimate of drug-likeness (QED) is 0.612. The summed E-state index contributed by atoms with van der Waals surface area (Å²) in [5, 5.41) is 6.75. The van der Waals surface area contributed by atoms with E-state index in [9.17, 15) is 9.59 Å². The van der Waals surface area contributed by atoms with Crippen LogP contribution in [0.15, 0.2) is 29.3 Å². The Balaban J connectivity index is 1.64. The van der Waals surface area contributed by atoms with E-state index in [0.717, 1.165) is 34.6 Å². The van der Waals surface area contributed by atoms with E-state index in [4.69, 9.17) is 0 Å². The molecular weight excluding hydrogens is 336 g/mol. The van der Waals surface area contributed by atoms with E-state index in [-0.39, 0.29) is 11.7 Å². The van der Waals surface area contributed by atoms with Crippen LogP contribution in [0.25, 0.3) is 10.9 Å². The first-order valence-corrected chi connectivity index (χ1v) is 9.48. The number of fused-ring (bicyclic) bond motifs is 1. The van der Waals surface area contributed by atoms with Crippen LogP contribution in [0, 0.1) is 5.92 Å². The topological polar surface area (TPSA) is 84.0 Å². The Bertz CT molecular complexity index is 790. The van der Waals surface area contributed by atoms with E-state index in [1.807, 2.05) is 38.1 Å².